The van der Waals surface area contributed by atoms with Gasteiger partial charge in [0.15, 0.2) is 0 Å². The molecule has 0 bridgehead atoms. The standard InChI is InChI=1S/C17H20N2OS/c18-9-7-14-3-1-2-4-16(14)17(20)19(15-5-6-15)11-13-8-10-21-12-13/h1-4,8,10,12,15H,5-7,9,11,18H2. The fraction of sp³-hybridized carbons (Fsp3) is 0.353. The first-order valence-corrected chi connectivity index (χ1v) is 8.34. The molecule has 0 unspecified atom stereocenters. The van der Waals surface area contributed by atoms with Crippen molar-refractivity contribution in [2.24, 2.45) is 5.73 Å². The summed E-state index contributed by atoms with van der Waals surface area (Å²) in [6.07, 6.45) is 2.99. The molecule has 1 fully saturated rings. The fourth-order valence-electron chi connectivity index (χ4n) is 2.59. The van der Waals surface area contributed by atoms with Gasteiger partial charge in [-0.15, -0.1) is 0 Å². The summed E-state index contributed by atoms with van der Waals surface area (Å²) in [6.45, 7) is 1.28. The van der Waals surface area contributed by atoms with Crippen LogP contribution in [0, 0.1) is 0 Å². The quantitative estimate of drug-likeness (QED) is 0.891. The molecule has 1 aromatic heterocycles. The monoisotopic (exact) mass is 300 g/mol. The molecule has 110 valence electrons. The number of hydrogen-bond donors (Lipinski definition) is 1. The number of thiophene rings is 1. The molecule has 2 N–H and O–H groups in total. The minimum Gasteiger partial charge on any atom is -0.331 e. The normalized spacial score (nSPS) is 14.1. The zero-order valence-corrected chi connectivity index (χ0v) is 12.8. The van der Waals surface area contributed by atoms with Crippen LogP contribution in [0.5, 0.6) is 0 Å². The molecule has 2 aromatic rings. The maximum absolute atomic E-state index is 12.9. The number of hydrogen-bond acceptors (Lipinski definition) is 3. The molecule has 1 amide bonds. The highest BCUT2D eigenvalue weighted by molar-refractivity contribution is 7.07. The summed E-state index contributed by atoms with van der Waals surface area (Å²) >= 11 is 1.68. The molecule has 0 radical (unpaired) electrons. The number of carbonyl (C=O) groups excluding carboxylic acids is 1. The summed E-state index contributed by atoms with van der Waals surface area (Å²) in [5, 5.41) is 4.18. The molecule has 1 heterocycles. The topological polar surface area (TPSA) is 46.3 Å². The zero-order valence-electron chi connectivity index (χ0n) is 12.0. The number of nitrogens with two attached hydrogens (primary N) is 1. The Morgan fingerprint density at radius 2 is 2.10 bits per heavy atom. The third kappa shape index (κ3) is 3.34. The molecule has 1 aliphatic rings. The Morgan fingerprint density at radius 3 is 2.76 bits per heavy atom. The lowest BCUT2D eigenvalue weighted by atomic mass is 10.0. The van der Waals surface area contributed by atoms with Gasteiger partial charge in [-0.3, -0.25) is 4.79 Å². The third-order valence-electron chi connectivity index (χ3n) is 3.84. The zero-order chi connectivity index (χ0) is 14.7. The van der Waals surface area contributed by atoms with E-state index in [1.807, 2.05) is 29.2 Å². The average molecular weight is 300 g/mol. The highest BCUT2D eigenvalue weighted by Crippen LogP contribution is 2.30. The van der Waals surface area contributed by atoms with Crippen LogP contribution in [-0.4, -0.2) is 23.4 Å². The van der Waals surface area contributed by atoms with Crippen LogP contribution in [0.1, 0.15) is 34.3 Å². The van der Waals surface area contributed by atoms with Crippen LogP contribution in [0.25, 0.3) is 0 Å². The lowest BCUT2D eigenvalue weighted by Crippen LogP contribution is -2.33. The van der Waals surface area contributed by atoms with E-state index in [1.54, 1.807) is 11.3 Å². The minimum absolute atomic E-state index is 0.146. The van der Waals surface area contributed by atoms with Crippen LogP contribution in [0.15, 0.2) is 41.1 Å². The molecule has 0 saturated heterocycles. The second kappa shape index (κ2) is 6.41. The second-order valence-electron chi connectivity index (χ2n) is 5.49. The maximum Gasteiger partial charge on any atom is 0.254 e. The average Bonchev–Trinajstić information content (AvgIpc) is 3.21. The second-order valence-corrected chi connectivity index (χ2v) is 6.27. The number of benzene rings is 1. The summed E-state index contributed by atoms with van der Waals surface area (Å²) in [5.74, 6) is 0.146. The van der Waals surface area contributed by atoms with Crippen molar-refractivity contribution < 1.29 is 4.79 Å². The molecule has 21 heavy (non-hydrogen) atoms. The molecule has 1 aliphatic carbocycles. The number of carbonyl (C=O) groups is 1. The predicted octanol–water partition coefficient (Wildman–Crippen LogP) is 3.05. The van der Waals surface area contributed by atoms with E-state index in [9.17, 15) is 4.79 Å². The van der Waals surface area contributed by atoms with E-state index in [0.29, 0.717) is 19.1 Å². The lowest BCUT2D eigenvalue weighted by molar-refractivity contribution is 0.0729. The van der Waals surface area contributed by atoms with Crippen molar-refractivity contribution in [3.05, 3.63) is 57.8 Å². The first kappa shape index (κ1) is 14.3. The lowest BCUT2D eigenvalue weighted by Gasteiger charge is -2.23. The number of rotatable bonds is 6. The fourth-order valence-corrected chi connectivity index (χ4v) is 3.25. The molecule has 0 atom stereocenters. The van der Waals surface area contributed by atoms with E-state index in [-0.39, 0.29) is 5.91 Å². The number of amides is 1. The van der Waals surface area contributed by atoms with Crippen molar-refractivity contribution in [1.82, 2.24) is 4.90 Å². The summed E-state index contributed by atoms with van der Waals surface area (Å²) < 4.78 is 0. The van der Waals surface area contributed by atoms with Crippen LogP contribution in [0.3, 0.4) is 0 Å². The predicted molar refractivity (Wildman–Crippen MR) is 86.4 cm³/mol. The van der Waals surface area contributed by atoms with Gasteiger partial charge >= 0.3 is 0 Å². The molecule has 3 nitrogen and oxygen atoms in total. The SMILES string of the molecule is NCCc1ccccc1C(=O)N(Cc1ccsc1)C1CC1. The van der Waals surface area contributed by atoms with E-state index < -0.39 is 0 Å². The van der Waals surface area contributed by atoms with Crippen molar-refractivity contribution in [1.29, 1.82) is 0 Å². The van der Waals surface area contributed by atoms with Gasteiger partial charge in [0.05, 0.1) is 0 Å². The molecule has 0 spiro atoms. The molecule has 1 saturated carbocycles. The van der Waals surface area contributed by atoms with Crippen molar-refractivity contribution in [2.45, 2.75) is 31.8 Å². The van der Waals surface area contributed by atoms with E-state index in [0.717, 1.165) is 30.4 Å². The van der Waals surface area contributed by atoms with Gasteiger partial charge in [0.1, 0.15) is 0 Å². The molecule has 3 rings (SSSR count). The van der Waals surface area contributed by atoms with Crippen LogP contribution in [-0.2, 0) is 13.0 Å². The smallest absolute Gasteiger partial charge is 0.254 e. The van der Waals surface area contributed by atoms with Gasteiger partial charge in [0, 0.05) is 18.2 Å². The van der Waals surface area contributed by atoms with Crippen LogP contribution in [0.2, 0.25) is 0 Å². The van der Waals surface area contributed by atoms with Crippen LogP contribution >= 0.6 is 11.3 Å². The van der Waals surface area contributed by atoms with Crippen molar-refractivity contribution in [2.75, 3.05) is 6.54 Å². The summed E-state index contributed by atoms with van der Waals surface area (Å²) in [4.78, 5) is 15.0. The third-order valence-corrected chi connectivity index (χ3v) is 4.58. The van der Waals surface area contributed by atoms with E-state index in [4.69, 9.17) is 5.73 Å². The van der Waals surface area contributed by atoms with Crippen LogP contribution in [0.4, 0.5) is 0 Å². The summed E-state index contributed by atoms with van der Waals surface area (Å²) in [7, 11) is 0. The van der Waals surface area contributed by atoms with Crippen molar-refractivity contribution in [3.8, 4) is 0 Å². The largest absolute Gasteiger partial charge is 0.331 e. The molecule has 1 aromatic carbocycles. The maximum atomic E-state index is 12.9. The molecule has 4 heteroatoms. The van der Waals surface area contributed by atoms with Gasteiger partial charge < -0.3 is 10.6 Å². The van der Waals surface area contributed by atoms with Gasteiger partial charge in [-0.1, -0.05) is 18.2 Å². The Morgan fingerprint density at radius 1 is 1.29 bits per heavy atom. The highest BCUT2D eigenvalue weighted by Gasteiger charge is 2.33. The summed E-state index contributed by atoms with van der Waals surface area (Å²) in [5.41, 5.74) is 8.75. The molecular formula is C17H20N2OS. The van der Waals surface area contributed by atoms with Gasteiger partial charge in [-0.05, 0) is 59.8 Å². The summed E-state index contributed by atoms with van der Waals surface area (Å²) in [6, 6.07) is 10.3. The number of nitrogens with zero attached hydrogens (tertiary/aromatic N) is 1. The van der Waals surface area contributed by atoms with Crippen molar-refractivity contribution in [3.63, 3.8) is 0 Å². The van der Waals surface area contributed by atoms with Gasteiger partial charge in [-0.25, -0.2) is 0 Å². The first-order valence-electron chi connectivity index (χ1n) is 7.39. The van der Waals surface area contributed by atoms with Crippen molar-refractivity contribution >= 4 is 17.2 Å². The van der Waals surface area contributed by atoms with E-state index in [1.165, 1.54) is 5.56 Å². The first-order chi connectivity index (χ1) is 10.3. The van der Waals surface area contributed by atoms with Crippen LogP contribution < -0.4 is 5.73 Å². The van der Waals surface area contributed by atoms with Gasteiger partial charge in [0.2, 0.25) is 0 Å². The van der Waals surface area contributed by atoms with Gasteiger partial charge in [0.25, 0.3) is 5.91 Å². The van der Waals surface area contributed by atoms with Gasteiger partial charge in [-0.2, -0.15) is 11.3 Å². The van der Waals surface area contributed by atoms with E-state index >= 15 is 0 Å². The molecule has 0 aliphatic heterocycles. The Labute approximate surface area is 129 Å². The Bertz CT molecular complexity index is 605. The Balaban J connectivity index is 1.84. The highest BCUT2D eigenvalue weighted by atomic mass is 32.1. The Hall–Kier alpha value is -1.65. The Kier molecular flexibility index (Phi) is 4.36. The molecular weight excluding hydrogens is 280 g/mol. The minimum atomic E-state index is 0.146. The van der Waals surface area contributed by atoms with E-state index in [2.05, 4.69) is 16.8 Å².